The SMILES string of the molecule is CCOC(=O)Cc1ccccc1OCc1cc(C)c2oc(C3CC3)cc2c1. The average molecular weight is 364 g/mol. The molecule has 0 unspecified atom stereocenters. The molecule has 4 rings (SSSR count). The smallest absolute Gasteiger partial charge is 0.310 e. The summed E-state index contributed by atoms with van der Waals surface area (Å²) < 4.78 is 17.1. The minimum atomic E-state index is -0.239. The zero-order valence-electron chi connectivity index (χ0n) is 15.8. The summed E-state index contributed by atoms with van der Waals surface area (Å²) in [6.45, 7) is 4.71. The van der Waals surface area contributed by atoms with E-state index in [0.717, 1.165) is 33.4 Å². The van der Waals surface area contributed by atoms with E-state index in [4.69, 9.17) is 13.9 Å². The number of fused-ring (bicyclic) bond motifs is 1. The summed E-state index contributed by atoms with van der Waals surface area (Å²) in [4.78, 5) is 11.8. The fourth-order valence-corrected chi connectivity index (χ4v) is 3.40. The number of para-hydroxylation sites is 1. The highest BCUT2D eigenvalue weighted by atomic mass is 16.5. The van der Waals surface area contributed by atoms with Crippen LogP contribution in [0.25, 0.3) is 11.0 Å². The first-order chi connectivity index (χ1) is 13.1. The Morgan fingerprint density at radius 2 is 2.00 bits per heavy atom. The molecule has 1 aliphatic rings. The van der Waals surface area contributed by atoms with E-state index in [9.17, 15) is 4.79 Å². The van der Waals surface area contributed by atoms with E-state index in [2.05, 4.69) is 25.1 Å². The van der Waals surface area contributed by atoms with Crippen LogP contribution in [0.2, 0.25) is 0 Å². The molecule has 1 fully saturated rings. The third-order valence-corrected chi connectivity index (χ3v) is 4.87. The highest BCUT2D eigenvalue weighted by Crippen LogP contribution is 2.42. The first kappa shape index (κ1) is 17.7. The fraction of sp³-hybridized carbons (Fsp3) is 0.348. The minimum Gasteiger partial charge on any atom is -0.489 e. The van der Waals surface area contributed by atoms with Gasteiger partial charge in [-0.25, -0.2) is 0 Å². The van der Waals surface area contributed by atoms with Crippen LogP contribution in [0, 0.1) is 6.92 Å². The molecule has 1 aromatic heterocycles. The average Bonchev–Trinajstić information content (AvgIpc) is 3.41. The number of aryl methyl sites for hydroxylation is 1. The molecule has 4 nitrogen and oxygen atoms in total. The number of rotatable bonds is 7. The van der Waals surface area contributed by atoms with E-state index in [-0.39, 0.29) is 12.4 Å². The zero-order chi connectivity index (χ0) is 18.8. The summed E-state index contributed by atoms with van der Waals surface area (Å²) in [5.74, 6) is 2.18. The van der Waals surface area contributed by atoms with E-state index in [1.807, 2.05) is 31.2 Å². The van der Waals surface area contributed by atoms with Crippen LogP contribution in [0.1, 0.15) is 48.1 Å². The predicted molar refractivity (Wildman–Crippen MR) is 104 cm³/mol. The lowest BCUT2D eigenvalue weighted by Crippen LogP contribution is -2.09. The molecule has 3 aromatic rings. The van der Waals surface area contributed by atoms with Crippen molar-refractivity contribution in [1.29, 1.82) is 0 Å². The molecule has 0 N–H and O–H groups in total. The van der Waals surface area contributed by atoms with E-state index in [1.165, 1.54) is 12.8 Å². The van der Waals surface area contributed by atoms with Gasteiger partial charge in [0, 0.05) is 16.9 Å². The van der Waals surface area contributed by atoms with Crippen molar-refractivity contribution in [2.75, 3.05) is 6.61 Å². The molecule has 0 atom stereocenters. The van der Waals surface area contributed by atoms with E-state index >= 15 is 0 Å². The summed E-state index contributed by atoms with van der Waals surface area (Å²) in [7, 11) is 0. The Hall–Kier alpha value is -2.75. The molecule has 0 radical (unpaired) electrons. The normalized spacial score (nSPS) is 13.7. The maximum Gasteiger partial charge on any atom is 0.310 e. The maximum atomic E-state index is 11.8. The van der Waals surface area contributed by atoms with Crippen LogP contribution in [-0.4, -0.2) is 12.6 Å². The Bertz CT molecular complexity index is 966. The summed E-state index contributed by atoms with van der Waals surface area (Å²) in [5.41, 5.74) is 4.03. The van der Waals surface area contributed by atoms with Crippen molar-refractivity contribution < 1.29 is 18.7 Å². The molecule has 4 heteroatoms. The monoisotopic (exact) mass is 364 g/mol. The third-order valence-electron chi connectivity index (χ3n) is 4.87. The predicted octanol–water partition coefficient (Wildman–Crippen LogP) is 5.30. The van der Waals surface area contributed by atoms with Gasteiger partial charge in [0.05, 0.1) is 13.0 Å². The van der Waals surface area contributed by atoms with E-state index in [0.29, 0.717) is 24.9 Å². The second-order valence-corrected chi connectivity index (χ2v) is 7.13. The number of ether oxygens (including phenoxy) is 2. The standard InChI is InChI=1S/C23H24O4/c1-3-25-22(24)13-18-6-4-5-7-20(18)26-14-16-10-15(2)23-19(11-16)12-21(27-23)17-8-9-17/h4-7,10-12,17H,3,8-9,13-14H2,1-2H3. The number of benzene rings is 2. The van der Waals surface area contributed by atoms with Crippen molar-refractivity contribution in [3.63, 3.8) is 0 Å². The molecule has 1 heterocycles. The van der Waals surface area contributed by atoms with Gasteiger partial charge >= 0.3 is 5.97 Å². The Morgan fingerprint density at radius 3 is 2.78 bits per heavy atom. The van der Waals surface area contributed by atoms with Crippen LogP contribution >= 0.6 is 0 Å². The molecular weight excluding hydrogens is 340 g/mol. The van der Waals surface area contributed by atoms with Crippen LogP contribution < -0.4 is 4.74 Å². The summed E-state index contributed by atoms with van der Waals surface area (Å²) in [5, 5.41) is 1.13. The van der Waals surface area contributed by atoms with Gasteiger partial charge in [-0.1, -0.05) is 18.2 Å². The number of hydrogen-bond donors (Lipinski definition) is 0. The Labute approximate surface area is 159 Å². The van der Waals surface area contributed by atoms with Crippen molar-refractivity contribution in [1.82, 2.24) is 0 Å². The van der Waals surface area contributed by atoms with E-state index < -0.39 is 0 Å². The summed E-state index contributed by atoms with van der Waals surface area (Å²) in [6.07, 6.45) is 2.67. The van der Waals surface area contributed by atoms with Gasteiger partial charge in [0.1, 0.15) is 23.7 Å². The molecule has 0 saturated heterocycles. The van der Waals surface area contributed by atoms with Crippen molar-refractivity contribution in [3.8, 4) is 5.75 Å². The van der Waals surface area contributed by atoms with Crippen LogP contribution in [-0.2, 0) is 22.6 Å². The van der Waals surface area contributed by atoms with Crippen LogP contribution in [0.4, 0.5) is 0 Å². The largest absolute Gasteiger partial charge is 0.489 e. The van der Waals surface area contributed by atoms with Gasteiger partial charge < -0.3 is 13.9 Å². The first-order valence-electron chi connectivity index (χ1n) is 9.53. The number of carbonyl (C=O) groups excluding carboxylic acids is 1. The number of carbonyl (C=O) groups is 1. The maximum absolute atomic E-state index is 11.8. The number of furan rings is 1. The van der Waals surface area contributed by atoms with Crippen LogP contribution in [0.15, 0.2) is 46.9 Å². The second-order valence-electron chi connectivity index (χ2n) is 7.13. The molecular formula is C23H24O4. The molecule has 2 aromatic carbocycles. The topological polar surface area (TPSA) is 48.7 Å². The molecule has 1 aliphatic carbocycles. The lowest BCUT2D eigenvalue weighted by atomic mass is 10.1. The lowest BCUT2D eigenvalue weighted by molar-refractivity contribution is -0.142. The first-order valence-corrected chi connectivity index (χ1v) is 9.53. The zero-order valence-corrected chi connectivity index (χ0v) is 15.8. The Kier molecular flexibility index (Phi) is 4.88. The molecule has 1 saturated carbocycles. The summed E-state index contributed by atoms with van der Waals surface area (Å²) in [6, 6.07) is 14.0. The lowest BCUT2D eigenvalue weighted by Gasteiger charge is -2.12. The van der Waals surface area contributed by atoms with Crippen LogP contribution in [0.5, 0.6) is 5.75 Å². The number of hydrogen-bond acceptors (Lipinski definition) is 4. The van der Waals surface area contributed by atoms with Crippen molar-refractivity contribution in [2.45, 2.75) is 45.6 Å². The molecule has 27 heavy (non-hydrogen) atoms. The quantitative estimate of drug-likeness (QED) is 0.534. The minimum absolute atomic E-state index is 0.217. The van der Waals surface area contributed by atoms with Gasteiger partial charge in [0.2, 0.25) is 0 Å². The Balaban J connectivity index is 1.51. The third kappa shape index (κ3) is 4.00. The molecule has 140 valence electrons. The van der Waals surface area contributed by atoms with Gasteiger partial charge in [-0.2, -0.15) is 0 Å². The van der Waals surface area contributed by atoms with Gasteiger partial charge in [0.25, 0.3) is 0 Å². The molecule has 0 aliphatic heterocycles. The molecule has 0 bridgehead atoms. The van der Waals surface area contributed by atoms with Gasteiger partial charge in [0.15, 0.2) is 0 Å². The molecule has 0 amide bonds. The van der Waals surface area contributed by atoms with E-state index in [1.54, 1.807) is 0 Å². The second kappa shape index (κ2) is 7.47. The number of esters is 1. The highest BCUT2D eigenvalue weighted by molar-refractivity contribution is 5.82. The van der Waals surface area contributed by atoms with Gasteiger partial charge in [-0.05, 0) is 62.1 Å². The molecule has 0 spiro atoms. The van der Waals surface area contributed by atoms with Gasteiger partial charge in [-0.3, -0.25) is 4.79 Å². The van der Waals surface area contributed by atoms with Crippen molar-refractivity contribution >= 4 is 16.9 Å². The summed E-state index contributed by atoms with van der Waals surface area (Å²) >= 11 is 0. The van der Waals surface area contributed by atoms with Gasteiger partial charge in [-0.15, -0.1) is 0 Å². The van der Waals surface area contributed by atoms with Crippen molar-refractivity contribution in [2.24, 2.45) is 0 Å². The fourth-order valence-electron chi connectivity index (χ4n) is 3.40. The highest BCUT2D eigenvalue weighted by Gasteiger charge is 2.27. The van der Waals surface area contributed by atoms with Crippen LogP contribution in [0.3, 0.4) is 0 Å². The Morgan fingerprint density at radius 1 is 1.19 bits per heavy atom. The van der Waals surface area contributed by atoms with Crippen molar-refractivity contribution in [3.05, 3.63) is 64.9 Å².